The Morgan fingerprint density at radius 3 is 1.69 bits per heavy atom. The first-order valence-corrected chi connectivity index (χ1v) is 10.6. The van der Waals surface area contributed by atoms with Crippen LogP contribution in [0.5, 0.6) is 5.75 Å². The zero-order valence-electron chi connectivity index (χ0n) is 15.7. The summed E-state index contributed by atoms with van der Waals surface area (Å²) < 4.78 is 5.50. The van der Waals surface area contributed by atoms with E-state index in [2.05, 4.69) is 0 Å². The first-order valence-electron chi connectivity index (χ1n) is 9.27. The molecule has 29 heavy (non-hydrogen) atoms. The Kier molecular flexibility index (Phi) is 8.02. The Morgan fingerprint density at radius 1 is 0.724 bits per heavy atom. The number of aliphatic hydroxyl groups excluding tert-OH is 1. The van der Waals surface area contributed by atoms with Crippen LogP contribution in [-0.4, -0.2) is 24.2 Å². The monoisotopic (exact) mass is 446 g/mol. The van der Waals surface area contributed by atoms with Gasteiger partial charge in [0.15, 0.2) is 0 Å². The van der Waals surface area contributed by atoms with Crippen LogP contribution in [0.1, 0.15) is 23.1 Å². The van der Waals surface area contributed by atoms with Crippen molar-refractivity contribution in [1.82, 2.24) is 0 Å². The van der Waals surface area contributed by atoms with Crippen LogP contribution < -0.4 is 4.74 Å². The summed E-state index contributed by atoms with van der Waals surface area (Å²) in [7, 11) is 0. The maximum atomic E-state index is 8.95. The summed E-state index contributed by atoms with van der Waals surface area (Å²) in [5, 5.41) is 10.3. The Bertz CT molecular complexity index is 947. The third-order valence-corrected chi connectivity index (χ3v) is 5.17. The molecule has 0 saturated heterocycles. The molecule has 0 bridgehead atoms. The number of alkyl halides is 1. The SMILES string of the molecule is OCCOc1ccc(/C(=C(/CCCl)c2ccc(Cl)cc2)c2ccc(Cl)cc2)cc1. The number of benzene rings is 3. The van der Waals surface area contributed by atoms with E-state index in [0.717, 1.165) is 27.8 Å². The third kappa shape index (κ3) is 5.77. The van der Waals surface area contributed by atoms with Crippen molar-refractivity contribution in [2.45, 2.75) is 6.42 Å². The molecule has 0 radical (unpaired) electrons. The summed E-state index contributed by atoms with van der Waals surface area (Å²) >= 11 is 18.4. The zero-order valence-corrected chi connectivity index (χ0v) is 18.0. The van der Waals surface area contributed by atoms with Crippen molar-refractivity contribution in [3.8, 4) is 5.75 Å². The molecule has 1 N–H and O–H groups in total. The van der Waals surface area contributed by atoms with E-state index in [-0.39, 0.29) is 13.2 Å². The van der Waals surface area contributed by atoms with Crippen molar-refractivity contribution in [2.24, 2.45) is 0 Å². The molecule has 0 atom stereocenters. The van der Waals surface area contributed by atoms with E-state index in [1.54, 1.807) is 0 Å². The lowest BCUT2D eigenvalue weighted by atomic mass is 9.88. The summed E-state index contributed by atoms with van der Waals surface area (Å²) in [6.45, 7) is 0.246. The molecule has 0 aliphatic rings. The zero-order chi connectivity index (χ0) is 20.6. The summed E-state index contributed by atoms with van der Waals surface area (Å²) in [6, 6.07) is 23.4. The molecule has 0 amide bonds. The smallest absolute Gasteiger partial charge is 0.119 e. The number of allylic oxidation sites excluding steroid dienone is 1. The Balaban J connectivity index is 2.16. The minimum absolute atomic E-state index is 0.0197. The van der Waals surface area contributed by atoms with E-state index in [9.17, 15) is 0 Å². The lowest BCUT2D eigenvalue weighted by Crippen LogP contribution is -2.01. The summed E-state index contributed by atoms with van der Waals surface area (Å²) in [4.78, 5) is 0. The van der Waals surface area contributed by atoms with Crippen molar-refractivity contribution in [3.05, 3.63) is 99.5 Å². The maximum absolute atomic E-state index is 8.95. The van der Waals surface area contributed by atoms with Crippen molar-refractivity contribution in [3.63, 3.8) is 0 Å². The molecule has 150 valence electrons. The molecule has 0 saturated carbocycles. The molecule has 0 aliphatic carbocycles. The van der Waals surface area contributed by atoms with E-state index >= 15 is 0 Å². The van der Waals surface area contributed by atoms with E-state index in [1.807, 2.05) is 72.8 Å². The first-order chi connectivity index (χ1) is 14.1. The molecular weight excluding hydrogens is 427 g/mol. The molecule has 0 spiro atoms. The predicted molar refractivity (Wildman–Crippen MR) is 123 cm³/mol. The molecule has 0 unspecified atom stereocenters. The summed E-state index contributed by atoms with van der Waals surface area (Å²) in [6.07, 6.45) is 0.698. The van der Waals surface area contributed by atoms with Gasteiger partial charge in [-0.1, -0.05) is 59.6 Å². The molecule has 5 heteroatoms. The Labute approximate surface area is 186 Å². The van der Waals surface area contributed by atoms with Gasteiger partial charge in [-0.15, -0.1) is 11.6 Å². The molecule has 0 heterocycles. The second-order valence-corrected chi connectivity index (χ2v) is 7.65. The van der Waals surface area contributed by atoms with Crippen LogP contribution in [0.2, 0.25) is 10.0 Å². The summed E-state index contributed by atoms with van der Waals surface area (Å²) in [5.41, 5.74) is 5.37. The number of rotatable bonds is 8. The van der Waals surface area contributed by atoms with Crippen LogP contribution in [0.25, 0.3) is 11.1 Å². The lowest BCUT2D eigenvalue weighted by Gasteiger charge is -2.17. The number of aliphatic hydroxyl groups is 1. The standard InChI is InChI=1S/C24H21Cl3O2/c25-14-13-23(17-1-7-20(26)8-2-17)24(18-3-9-21(27)10-4-18)19-5-11-22(12-6-19)29-16-15-28/h1-12,28H,13-16H2/b24-23-. The fraction of sp³-hybridized carbons (Fsp3) is 0.167. The van der Waals surface area contributed by atoms with E-state index in [4.69, 9.17) is 44.6 Å². The molecule has 0 aromatic heterocycles. The Morgan fingerprint density at radius 2 is 1.21 bits per heavy atom. The van der Waals surface area contributed by atoms with Crippen LogP contribution in [-0.2, 0) is 0 Å². The highest BCUT2D eigenvalue weighted by atomic mass is 35.5. The average molecular weight is 448 g/mol. The number of halogens is 3. The van der Waals surface area contributed by atoms with Gasteiger partial charge in [0.2, 0.25) is 0 Å². The molecular formula is C24H21Cl3O2. The van der Waals surface area contributed by atoms with Gasteiger partial charge >= 0.3 is 0 Å². The van der Waals surface area contributed by atoms with Gasteiger partial charge in [-0.2, -0.15) is 0 Å². The number of hydrogen-bond acceptors (Lipinski definition) is 2. The highest BCUT2D eigenvalue weighted by molar-refractivity contribution is 6.31. The van der Waals surface area contributed by atoms with Gasteiger partial charge in [0.25, 0.3) is 0 Å². The van der Waals surface area contributed by atoms with Gasteiger partial charge in [-0.3, -0.25) is 0 Å². The topological polar surface area (TPSA) is 29.5 Å². The van der Waals surface area contributed by atoms with Gasteiger partial charge in [-0.05, 0) is 70.7 Å². The normalized spacial score (nSPS) is 11.9. The lowest BCUT2D eigenvalue weighted by molar-refractivity contribution is 0.201. The predicted octanol–water partition coefficient (Wildman–Crippen LogP) is 6.95. The third-order valence-electron chi connectivity index (χ3n) is 4.47. The second-order valence-electron chi connectivity index (χ2n) is 6.40. The van der Waals surface area contributed by atoms with Crippen LogP contribution in [0.15, 0.2) is 72.8 Å². The highest BCUT2D eigenvalue weighted by Crippen LogP contribution is 2.36. The number of hydrogen-bond donors (Lipinski definition) is 1. The largest absolute Gasteiger partial charge is 0.491 e. The van der Waals surface area contributed by atoms with Crippen molar-refractivity contribution >= 4 is 45.9 Å². The van der Waals surface area contributed by atoms with Crippen LogP contribution in [0.4, 0.5) is 0 Å². The molecule has 3 rings (SSSR count). The summed E-state index contributed by atoms with van der Waals surface area (Å²) in [5.74, 6) is 1.20. The average Bonchev–Trinajstić information content (AvgIpc) is 2.74. The maximum Gasteiger partial charge on any atom is 0.119 e. The van der Waals surface area contributed by atoms with Gasteiger partial charge in [0.1, 0.15) is 12.4 Å². The van der Waals surface area contributed by atoms with E-state index in [0.29, 0.717) is 28.1 Å². The first kappa shape index (κ1) is 21.7. The second kappa shape index (κ2) is 10.7. The van der Waals surface area contributed by atoms with Gasteiger partial charge in [0.05, 0.1) is 6.61 Å². The van der Waals surface area contributed by atoms with E-state index in [1.165, 1.54) is 0 Å². The van der Waals surface area contributed by atoms with Crippen molar-refractivity contribution in [2.75, 3.05) is 19.1 Å². The quantitative estimate of drug-likeness (QED) is 0.299. The van der Waals surface area contributed by atoms with Gasteiger partial charge in [0, 0.05) is 15.9 Å². The highest BCUT2D eigenvalue weighted by Gasteiger charge is 2.14. The molecule has 3 aromatic carbocycles. The van der Waals surface area contributed by atoms with Gasteiger partial charge in [-0.25, -0.2) is 0 Å². The molecule has 3 aromatic rings. The molecule has 2 nitrogen and oxygen atoms in total. The van der Waals surface area contributed by atoms with Crippen molar-refractivity contribution in [1.29, 1.82) is 0 Å². The minimum atomic E-state index is -0.0197. The van der Waals surface area contributed by atoms with Crippen LogP contribution >= 0.6 is 34.8 Å². The molecule has 0 aliphatic heterocycles. The minimum Gasteiger partial charge on any atom is -0.491 e. The fourth-order valence-corrected chi connectivity index (χ4v) is 3.61. The van der Waals surface area contributed by atoms with Crippen LogP contribution in [0, 0.1) is 0 Å². The van der Waals surface area contributed by atoms with Gasteiger partial charge < -0.3 is 9.84 Å². The molecule has 0 fully saturated rings. The van der Waals surface area contributed by atoms with Crippen molar-refractivity contribution < 1.29 is 9.84 Å². The number of ether oxygens (including phenoxy) is 1. The van der Waals surface area contributed by atoms with Crippen LogP contribution in [0.3, 0.4) is 0 Å². The van der Waals surface area contributed by atoms with E-state index < -0.39 is 0 Å². The Hall–Kier alpha value is -1.97. The fourth-order valence-electron chi connectivity index (χ4n) is 3.17.